The number of ether oxygens (including phenoxy) is 1. The molecule has 2 heterocycles. The number of carbonyl (C=O) groups excluding carboxylic acids is 1. The van der Waals surface area contributed by atoms with Gasteiger partial charge < -0.3 is 4.74 Å². The fraction of sp³-hybridized carbons (Fsp3) is 0.133. The van der Waals surface area contributed by atoms with Crippen molar-refractivity contribution >= 4 is 16.9 Å². The lowest BCUT2D eigenvalue weighted by Gasteiger charge is -2.05. The van der Waals surface area contributed by atoms with Crippen molar-refractivity contribution in [2.75, 3.05) is 6.61 Å². The zero-order valence-electron chi connectivity index (χ0n) is 11.3. The first-order chi connectivity index (χ1) is 10.2. The Kier molecular flexibility index (Phi) is 3.35. The van der Waals surface area contributed by atoms with Gasteiger partial charge in [0.15, 0.2) is 0 Å². The van der Waals surface area contributed by atoms with Crippen LogP contribution in [-0.4, -0.2) is 27.3 Å². The molecule has 0 radical (unpaired) electrons. The average molecular weight is 285 g/mol. The number of esters is 1. The van der Waals surface area contributed by atoms with Crippen molar-refractivity contribution in [3.8, 4) is 5.69 Å². The predicted molar refractivity (Wildman–Crippen MR) is 74.8 cm³/mol. The Morgan fingerprint density at radius 2 is 2.00 bits per heavy atom. The molecule has 0 unspecified atom stereocenters. The molecule has 0 aliphatic carbocycles. The number of rotatable bonds is 3. The Morgan fingerprint density at radius 1 is 1.24 bits per heavy atom. The summed E-state index contributed by atoms with van der Waals surface area (Å²) in [5.74, 6) is -0.755. The van der Waals surface area contributed by atoms with Crippen LogP contribution in [0.15, 0.2) is 42.9 Å². The van der Waals surface area contributed by atoms with Gasteiger partial charge in [0.1, 0.15) is 5.82 Å². The number of aromatic nitrogens is 3. The van der Waals surface area contributed by atoms with Crippen molar-refractivity contribution in [1.82, 2.24) is 14.8 Å². The highest BCUT2D eigenvalue weighted by Gasteiger charge is 2.15. The number of benzene rings is 1. The molecule has 3 aromatic rings. The molecule has 0 N–H and O–H groups in total. The summed E-state index contributed by atoms with van der Waals surface area (Å²) in [6.07, 6.45) is 4.64. The van der Waals surface area contributed by atoms with E-state index in [0.717, 1.165) is 0 Å². The molecule has 6 heteroatoms. The van der Waals surface area contributed by atoms with Crippen LogP contribution in [0.5, 0.6) is 0 Å². The Morgan fingerprint density at radius 3 is 2.71 bits per heavy atom. The SMILES string of the molecule is CCOC(=O)c1cncc2c1cnn2-c1ccc(F)cc1. The maximum Gasteiger partial charge on any atom is 0.340 e. The van der Waals surface area contributed by atoms with E-state index in [9.17, 15) is 9.18 Å². The van der Waals surface area contributed by atoms with E-state index >= 15 is 0 Å². The van der Waals surface area contributed by atoms with Crippen molar-refractivity contribution in [1.29, 1.82) is 0 Å². The summed E-state index contributed by atoms with van der Waals surface area (Å²) in [7, 11) is 0. The van der Waals surface area contributed by atoms with Crippen LogP contribution in [0.25, 0.3) is 16.6 Å². The molecule has 0 atom stereocenters. The maximum absolute atomic E-state index is 13.0. The third-order valence-corrected chi connectivity index (χ3v) is 3.06. The summed E-state index contributed by atoms with van der Waals surface area (Å²) in [4.78, 5) is 16.0. The van der Waals surface area contributed by atoms with Gasteiger partial charge >= 0.3 is 5.97 Å². The molecule has 5 nitrogen and oxygen atoms in total. The third kappa shape index (κ3) is 2.35. The smallest absolute Gasteiger partial charge is 0.340 e. The summed E-state index contributed by atoms with van der Waals surface area (Å²) in [6.45, 7) is 2.04. The molecule has 1 aromatic carbocycles. The average Bonchev–Trinajstić information content (AvgIpc) is 2.92. The van der Waals surface area contributed by atoms with E-state index in [2.05, 4.69) is 10.1 Å². The van der Waals surface area contributed by atoms with Gasteiger partial charge in [0, 0.05) is 11.6 Å². The van der Waals surface area contributed by atoms with Gasteiger partial charge in [0.2, 0.25) is 0 Å². The lowest BCUT2D eigenvalue weighted by atomic mass is 10.2. The van der Waals surface area contributed by atoms with Gasteiger partial charge in [0.25, 0.3) is 0 Å². The lowest BCUT2D eigenvalue weighted by Crippen LogP contribution is -2.05. The van der Waals surface area contributed by atoms with Crippen LogP contribution >= 0.6 is 0 Å². The monoisotopic (exact) mass is 285 g/mol. The molecule has 0 amide bonds. The molecule has 0 fully saturated rings. The molecular weight excluding hydrogens is 273 g/mol. The van der Waals surface area contributed by atoms with Gasteiger partial charge in [-0.25, -0.2) is 13.9 Å². The summed E-state index contributed by atoms with van der Waals surface area (Å²) < 4.78 is 19.6. The first-order valence-corrected chi connectivity index (χ1v) is 6.45. The van der Waals surface area contributed by atoms with Crippen molar-refractivity contribution in [2.45, 2.75) is 6.92 Å². The highest BCUT2D eigenvalue weighted by molar-refractivity contribution is 6.03. The molecule has 0 bridgehead atoms. The minimum atomic E-state index is -0.436. The van der Waals surface area contributed by atoms with E-state index in [4.69, 9.17) is 4.74 Å². The fourth-order valence-corrected chi connectivity index (χ4v) is 2.10. The van der Waals surface area contributed by atoms with Crippen LogP contribution in [-0.2, 0) is 4.74 Å². The maximum atomic E-state index is 13.0. The first kappa shape index (κ1) is 13.2. The van der Waals surface area contributed by atoms with Gasteiger partial charge in [0.05, 0.1) is 35.8 Å². The molecule has 0 aliphatic heterocycles. The van der Waals surface area contributed by atoms with Crippen molar-refractivity contribution in [2.24, 2.45) is 0 Å². The van der Waals surface area contributed by atoms with Crippen molar-refractivity contribution < 1.29 is 13.9 Å². The molecule has 0 saturated carbocycles. The van der Waals surface area contributed by atoms with Gasteiger partial charge in [-0.05, 0) is 31.2 Å². The van der Waals surface area contributed by atoms with Crippen LogP contribution in [0, 0.1) is 5.82 Å². The second-order valence-electron chi connectivity index (χ2n) is 4.37. The van der Waals surface area contributed by atoms with E-state index in [1.165, 1.54) is 18.3 Å². The topological polar surface area (TPSA) is 57.0 Å². The number of fused-ring (bicyclic) bond motifs is 1. The number of pyridine rings is 1. The van der Waals surface area contributed by atoms with E-state index in [0.29, 0.717) is 28.8 Å². The standard InChI is InChI=1S/C15H12FN3O2/c1-2-21-15(20)13-7-17-9-14-12(13)8-18-19(14)11-5-3-10(16)4-6-11/h3-9H,2H2,1H3. The highest BCUT2D eigenvalue weighted by Crippen LogP contribution is 2.21. The molecule has 0 spiro atoms. The van der Waals surface area contributed by atoms with Crippen molar-refractivity contribution in [3.63, 3.8) is 0 Å². The minimum absolute atomic E-state index is 0.293. The second-order valence-corrected chi connectivity index (χ2v) is 4.37. The van der Waals surface area contributed by atoms with E-state index in [-0.39, 0.29) is 5.82 Å². The summed E-state index contributed by atoms with van der Waals surface area (Å²) in [6, 6.07) is 5.93. The van der Waals surface area contributed by atoms with Crippen LogP contribution in [0.3, 0.4) is 0 Å². The van der Waals surface area contributed by atoms with E-state index < -0.39 is 5.97 Å². The molecule has 2 aromatic heterocycles. The molecule has 0 aliphatic rings. The number of nitrogens with zero attached hydrogens (tertiary/aromatic N) is 3. The lowest BCUT2D eigenvalue weighted by molar-refractivity contribution is 0.0528. The predicted octanol–water partition coefficient (Wildman–Crippen LogP) is 2.74. The minimum Gasteiger partial charge on any atom is -0.462 e. The van der Waals surface area contributed by atoms with Crippen LogP contribution in [0.2, 0.25) is 0 Å². The number of hydrogen-bond acceptors (Lipinski definition) is 4. The van der Waals surface area contributed by atoms with Gasteiger partial charge in [-0.15, -0.1) is 0 Å². The zero-order chi connectivity index (χ0) is 14.8. The quantitative estimate of drug-likeness (QED) is 0.694. The third-order valence-electron chi connectivity index (χ3n) is 3.06. The first-order valence-electron chi connectivity index (χ1n) is 6.45. The van der Waals surface area contributed by atoms with Crippen LogP contribution < -0.4 is 0 Å². The van der Waals surface area contributed by atoms with Crippen LogP contribution in [0.4, 0.5) is 4.39 Å². The summed E-state index contributed by atoms with van der Waals surface area (Å²) in [5, 5.41) is 4.89. The Balaban J connectivity index is 2.13. The van der Waals surface area contributed by atoms with Gasteiger partial charge in [-0.3, -0.25) is 4.98 Å². The number of halogens is 1. The molecule has 21 heavy (non-hydrogen) atoms. The zero-order valence-corrected chi connectivity index (χ0v) is 11.3. The molecule has 106 valence electrons. The molecule has 3 rings (SSSR count). The van der Waals surface area contributed by atoms with Gasteiger partial charge in [-0.2, -0.15) is 5.10 Å². The summed E-state index contributed by atoms with van der Waals surface area (Å²) >= 11 is 0. The Bertz CT molecular complexity index is 796. The number of hydrogen-bond donors (Lipinski definition) is 0. The normalized spacial score (nSPS) is 10.8. The Hall–Kier alpha value is -2.76. The second kappa shape index (κ2) is 5.32. The fourth-order valence-electron chi connectivity index (χ4n) is 2.10. The van der Waals surface area contributed by atoms with E-state index in [1.807, 2.05) is 0 Å². The molecular formula is C15H12FN3O2. The Labute approximate surface area is 120 Å². The highest BCUT2D eigenvalue weighted by atomic mass is 19.1. The van der Waals surface area contributed by atoms with Gasteiger partial charge in [-0.1, -0.05) is 0 Å². The largest absolute Gasteiger partial charge is 0.462 e. The molecule has 0 saturated heterocycles. The summed E-state index contributed by atoms with van der Waals surface area (Å²) in [5.41, 5.74) is 1.71. The number of carbonyl (C=O) groups is 1. The van der Waals surface area contributed by atoms with Crippen LogP contribution in [0.1, 0.15) is 17.3 Å². The van der Waals surface area contributed by atoms with E-state index in [1.54, 1.807) is 36.1 Å². The van der Waals surface area contributed by atoms with Crippen molar-refractivity contribution in [3.05, 3.63) is 54.2 Å².